The smallest absolute Gasteiger partial charge is 0.207 e. The van der Waals surface area contributed by atoms with Crippen LogP contribution in [0.4, 0.5) is 11.4 Å². The molecule has 2 aromatic carbocycles. The lowest BCUT2D eigenvalue weighted by atomic mass is 10.3. The van der Waals surface area contributed by atoms with Crippen molar-refractivity contribution < 1.29 is 4.79 Å². The lowest BCUT2D eigenvalue weighted by molar-refractivity contribution is -0.111. The van der Waals surface area contributed by atoms with Crippen molar-refractivity contribution in [3.63, 3.8) is 0 Å². The molecule has 0 amide bonds. The van der Waals surface area contributed by atoms with E-state index in [2.05, 4.69) is 21.4 Å². The highest BCUT2D eigenvalue weighted by Crippen LogP contribution is 2.05. The lowest BCUT2D eigenvalue weighted by Crippen LogP contribution is -2.35. The number of nitrogens with zero attached hydrogens (tertiary/aromatic N) is 1. The molecule has 102 valence electrons. The van der Waals surface area contributed by atoms with Gasteiger partial charge in [-0.3, -0.25) is 21.1 Å². The number of hydrazone groups is 1. The van der Waals surface area contributed by atoms with Crippen LogP contribution in [0.25, 0.3) is 0 Å². The molecular weight excluding hydrogens is 252 g/mol. The number of ketones is 1. The Morgan fingerprint density at radius 1 is 0.900 bits per heavy atom. The highest BCUT2D eigenvalue weighted by atomic mass is 16.1. The summed E-state index contributed by atoms with van der Waals surface area (Å²) in [6, 6.07) is 18.9. The number of nitrogens with one attached hydrogen (secondary N) is 3. The van der Waals surface area contributed by atoms with E-state index in [0.717, 1.165) is 11.4 Å². The standard InChI is InChI=1S/C15H16N4O/c1-12(20)15(18-16-13-8-4-2-5-9-13)19-17-14-10-6-3-7-11-14/h2-11,16-17H,1H3,(H,18,19). The summed E-state index contributed by atoms with van der Waals surface area (Å²) < 4.78 is 0. The largest absolute Gasteiger partial charge is 0.299 e. The van der Waals surface area contributed by atoms with E-state index in [9.17, 15) is 4.79 Å². The fourth-order valence-electron chi connectivity index (χ4n) is 1.48. The van der Waals surface area contributed by atoms with Gasteiger partial charge in [0.2, 0.25) is 5.84 Å². The molecule has 20 heavy (non-hydrogen) atoms. The summed E-state index contributed by atoms with van der Waals surface area (Å²) in [6.07, 6.45) is 0. The molecule has 0 spiro atoms. The maximum absolute atomic E-state index is 11.5. The summed E-state index contributed by atoms with van der Waals surface area (Å²) in [5.41, 5.74) is 10.2. The first-order valence-corrected chi connectivity index (χ1v) is 6.22. The van der Waals surface area contributed by atoms with Gasteiger partial charge in [0.15, 0.2) is 5.78 Å². The number of hydrogen-bond acceptors (Lipinski definition) is 4. The SMILES string of the molecule is CC(=O)/C(=N\Nc1ccccc1)NNc1ccccc1. The van der Waals surface area contributed by atoms with Gasteiger partial charge in [-0.1, -0.05) is 36.4 Å². The first-order valence-electron chi connectivity index (χ1n) is 6.22. The summed E-state index contributed by atoms with van der Waals surface area (Å²) >= 11 is 0. The molecule has 0 bridgehead atoms. The maximum Gasteiger partial charge on any atom is 0.207 e. The number of rotatable bonds is 5. The topological polar surface area (TPSA) is 65.5 Å². The molecule has 5 heteroatoms. The molecule has 0 saturated carbocycles. The van der Waals surface area contributed by atoms with Crippen LogP contribution in [0.3, 0.4) is 0 Å². The van der Waals surface area contributed by atoms with E-state index in [4.69, 9.17) is 0 Å². The number of Topliss-reactive ketones (excluding diaryl/α,β-unsaturated/α-hetero) is 1. The van der Waals surface area contributed by atoms with Gasteiger partial charge >= 0.3 is 0 Å². The zero-order valence-electron chi connectivity index (χ0n) is 11.1. The van der Waals surface area contributed by atoms with Gasteiger partial charge in [0, 0.05) is 6.92 Å². The average Bonchev–Trinajstić information content (AvgIpc) is 2.49. The number of anilines is 2. The molecule has 0 atom stereocenters. The molecule has 0 saturated heterocycles. The second kappa shape index (κ2) is 6.94. The van der Waals surface area contributed by atoms with E-state index < -0.39 is 0 Å². The monoisotopic (exact) mass is 268 g/mol. The van der Waals surface area contributed by atoms with Crippen molar-refractivity contribution >= 4 is 23.0 Å². The van der Waals surface area contributed by atoms with Crippen LogP contribution in [0, 0.1) is 0 Å². The van der Waals surface area contributed by atoms with Crippen LogP contribution >= 0.6 is 0 Å². The first-order chi connectivity index (χ1) is 9.75. The van der Waals surface area contributed by atoms with Crippen molar-refractivity contribution in [1.29, 1.82) is 0 Å². The Hall–Kier alpha value is -2.82. The van der Waals surface area contributed by atoms with Crippen molar-refractivity contribution in [2.75, 3.05) is 10.9 Å². The van der Waals surface area contributed by atoms with Gasteiger partial charge in [-0.25, -0.2) is 0 Å². The van der Waals surface area contributed by atoms with Crippen LogP contribution in [-0.4, -0.2) is 11.6 Å². The Morgan fingerprint density at radius 3 is 2.00 bits per heavy atom. The van der Waals surface area contributed by atoms with Gasteiger partial charge in [0.05, 0.1) is 11.4 Å². The van der Waals surface area contributed by atoms with Gasteiger partial charge in [0.1, 0.15) is 0 Å². The highest BCUT2D eigenvalue weighted by molar-refractivity contribution is 6.38. The zero-order valence-corrected chi connectivity index (χ0v) is 11.1. The predicted octanol–water partition coefficient (Wildman–Crippen LogP) is 2.62. The molecule has 2 aromatic rings. The van der Waals surface area contributed by atoms with Crippen molar-refractivity contribution in [3.05, 3.63) is 60.7 Å². The van der Waals surface area contributed by atoms with Crippen molar-refractivity contribution in [3.8, 4) is 0 Å². The quantitative estimate of drug-likeness (QED) is 0.443. The fraction of sp³-hybridized carbons (Fsp3) is 0.0667. The third-order valence-electron chi connectivity index (χ3n) is 2.50. The van der Waals surface area contributed by atoms with Gasteiger partial charge in [-0.05, 0) is 24.3 Å². The average molecular weight is 268 g/mol. The van der Waals surface area contributed by atoms with Crippen molar-refractivity contribution in [2.45, 2.75) is 6.92 Å². The first kappa shape index (κ1) is 13.6. The fourth-order valence-corrected chi connectivity index (χ4v) is 1.48. The molecule has 3 N–H and O–H groups in total. The number of hydrazine groups is 1. The Kier molecular flexibility index (Phi) is 4.72. The Balaban J connectivity index is 1.98. The summed E-state index contributed by atoms with van der Waals surface area (Å²) in [6.45, 7) is 1.45. The third-order valence-corrected chi connectivity index (χ3v) is 2.50. The molecule has 0 aromatic heterocycles. The van der Waals surface area contributed by atoms with Crippen LogP contribution in [0.5, 0.6) is 0 Å². The normalized spacial score (nSPS) is 10.8. The summed E-state index contributed by atoms with van der Waals surface area (Å²) in [4.78, 5) is 11.5. The molecule has 0 aliphatic carbocycles. The van der Waals surface area contributed by atoms with E-state index in [1.165, 1.54) is 6.92 Å². The van der Waals surface area contributed by atoms with Crippen molar-refractivity contribution in [1.82, 2.24) is 5.43 Å². The van der Waals surface area contributed by atoms with Crippen LogP contribution in [0.2, 0.25) is 0 Å². The molecule has 2 rings (SSSR count). The van der Waals surface area contributed by atoms with Crippen molar-refractivity contribution in [2.24, 2.45) is 5.10 Å². The number of amidine groups is 1. The van der Waals surface area contributed by atoms with Gasteiger partial charge in [0.25, 0.3) is 0 Å². The van der Waals surface area contributed by atoms with E-state index in [1.807, 2.05) is 60.7 Å². The van der Waals surface area contributed by atoms with E-state index in [-0.39, 0.29) is 11.6 Å². The second-order valence-corrected chi connectivity index (χ2v) is 4.11. The summed E-state index contributed by atoms with van der Waals surface area (Å²) in [7, 11) is 0. The molecule has 0 aliphatic heterocycles. The second-order valence-electron chi connectivity index (χ2n) is 4.11. The summed E-state index contributed by atoms with van der Waals surface area (Å²) in [5, 5.41) is 4.05. The zero-order chi connectivity index (χ0) is 14.2. The molecule has 0 unspecified atom stereocenters. The maximum atomic E-state index is 11.5. The van der Waals surface area contributed by atoms with E-state index in [0.29, 0.717) is 0 Å². The van der Waals surface area contributed by atoms with Crippen LogP contribution < -0.4 is 16.3 Å². The van der Waals surface area contributed by atoms with Gasteiger partial charge < -0.3 is 0 Å². The number of para-hydroxylation sites is 2. The molecular formula is C15H16N4O. The number of carbonyl (C=O) groups excluding carboxylic acids is 1. The minimum Gasteiger partial charge on any atom is -0.299 e. The molecule has 5 nitrogen and oxygen atoms in total. The predicted molar refractivity (Wildman–Crippen MR) is 81.4 cm³/mol. The van der Waals surface area contributed by atoms with E-state index in [1.54, 1.807) is 0 Å². The molecule has 0 heterocycles. The Labute approximate surface area is 117 Å². The van der Waals surface area contributed by atoms with Crippen LogP contribution in [-0.2, 0) is 4.79 Å². The molecule has 0 radical (unpaired) electrons. The van der Waals surface area contributed by atoms with Gasteiger partial charge in [-0.2, -0.15) is 5.10 Å². The Bertz CT molecular complexity index is 581. The van der Waals surface area contributed by atoms with Crippen LogP contribution in [0.15, 0.2) is 65.8 Å². The van der Waals surface area contributed by atoms with Gasteiger partial charge in [-0.15, -0.1) is 0 Å². The Morgan fingerprint density at radius 2 is 1.45 bits per heavy atom. The third kappa shape index (κ3) is 4.13. The number of carbonyl (C=O) groups is 1. The molecule has 0 fully saturated rings. The summed E-state index contributed by atoms with van der Waals surface area (Å²) in [5.74, 6) is 0.0366. The highest BCUT2D eigenvalue weighted by Gasteiger charge is 2.04. The minimum atomic E-state index is -0.170. The number of benzene rings is 2. The minimum absolute atomic E-state index is 0.170. The number of hydrogen-bond donors (Lipinski definition) is 3. The van der Waals surface area contributed by atoms with Crippen LogP contribution in [0.1, 0.15) is 6.92 Å². The lowest BCUT2D eigenvalue weighted by Gasteiger charge is -2.10. The molecule has 0 aliphatic rings. The van der Waals surface area contributed by atoms with E-state index >= 15 is 0 Å².